The van der Waals surface area contributed by atoms with Gasteiger partial charge >= 0.3 is 80.3 Å². The van der Waals surface area contributed by atoms with Gasteiger partial charge in [-0.2, -0.15) is 171 Å². The highest BCUT2D eigenvalue weighted by Crippen LogP contribution is 2.45. The van der Waals surface area contributed by atoms with Crippen LogP contribution in [0, 0.1) is 75.9 Å². The second-order valence-corrected chi connectivity index (χ2v) is 33.3. The zero-order valence-electron chi connectivity index (χ0n) is 77.1. The van der Waals surface area contributed by atoms with Gasteiger partial charge in [0.2, 0.25) is 0 Å². The molecule has 758 valence electrons. The fourth-order valence-corrected chi connectivity index (χ4v) is 7.07. The molecule has 0 aromatic rings. The van der Waals surface area contributed by atoms with Crippen molar-refractivity contribution in [2.45, 2.75) is 460 Å². The van der Waals surface area contributed by atoms with E-state index in [0.29, 0.717) is 49.4 Å². The van der Waals surface area contributed by atoms with Crippen molar-refractivity contribution < 1.29 is 171 Å². The Morgan fingerprint density at radius 1 is 0.205 bits per heavy atom. The molecule has 39 heteroatoms. The predicted molar refractivity (Wildman–Crippen MR) is 415 cm³/mol. The molecular weight excluding hydrogens is 1740 g/mol. The first-order chi connectivity index (χ1) is 53.7. The van der Waals surface area contributed by atoms with Crippen molar-refractivity contribution in [1.29, 1.82) is 0 Å². The molecule has 0 aromatic carbocycles. The van der Waals surface area contributed by atoms with Crippen LogP contribution in [0.25, 0.3) is 0 Å². The molecule has 0 aliphatic carbocycles. The van der Waals surface area contributed by atoms with E-state index in [1.807, 2.05) is 27.7 Å². The quantitative estimate of drug-likeness (QED) is 0.0568. The molecule has 0 rings (SSSR count). The number of hydrogen-bond donors (Lipinski definition) is 0. The Morgan fingerprint density at radius 3 is 0.615 bits per heavy atom. The monoisotopic (exact) mass is 1890 g/mol. The number of alkyl halides is 39. The molecule has 0 amide bonds. The Morgan fingerprint density at radius 2 is 0.443 bits per heavy atom. The first kappa shape index (κ1) is 148. The maximum atomic E-state index is 11.9. The first-order valence-corrected chi connectivity index (χ1v) is 41.5. The van der Waals surface area contributed by atoms with Gasteiger partial charge in [-0.05, 0) is 91.8 Å². The summed E-state index contributed by atoms with van der Waals surface area (Å²) in [7, 11) is 0. The van der Waals surface area contributed by atoms with Crippen LogP contribution in [0.5, 0.6) is 0 Å². The molecule has 0 saturated heterocycles. The van der Waals surface area contributed by atoms with Crippen molar-refractivity contribution >= 4 is 0 Å². The Balaban J connectivity index is -0.0000000966. The third-order valence-corrected chi connectivity index (χ3v) is 17.3. The van der Waals surface area contributed by atoms with E-state index < -0.39 is 173 Å². The molecule has 0 fully saturated rings. The summed E-state index contributed by atoms with van der Waals surface area (Å²) in [4.78, 5) is 0. The van der Waals surface area contributed by atoms with Gasteiger partial charge in [0.25, 0.3) is 0 Å². The Labute approximate surface area is 705 Å². The van der Waals surface area contributed by atoms with Gasteiger partial charge in [-0.15, -0.1) is 0 Å². The fourth-order valence-electron chi connectivity index (χ4n) is 7.07. The fraction of sp³-hybridized carbons (Fsp3) is 1.00. The van der Waals surface area contributed by atoms with Crippen molar-refractivity contribution in [3.63, 3.8) is 0 Å². The van der Waals surface area contributed by atoms with Crippen LogP contribution < -0.4 is 0 Å². The summed E-state index contributed by atoms with van der Waals surface area (Å²) in [5, 5.41) is 0. The molecule has 0 bridgehead atoms. The zero-order valence-corrected chi connectivity index (χ0v) is 77.1. The molecule has 0 nitrogen and oxygen atoms in total. The van der Waals surface area contributed by atoms with Crippen molar-refractivity contribution in [1.82, 2.24) is 0 Å². The van der Waals surface area contributed by atoms with Crippen LogP contribution in [-0.4, -0.2) is 80.3 Å². The maximum Gasteiger partial charge on any atom is 0.400 e. The molecule has 122 heavy (non-hydrogen) atoms. The minimum absolute atomic E-state index is 0.0658. The van der Waals surface area contributed by atoms with Gasteiger partial charge in [0.15, 0.2) is 17.8 Å². The molecule has 4 atom stereocenters. The van der Waals surface area contributed by atoms with Crippen LogP contribution in [0.3, 0.4) is 0 Å². The molecule has 0 N–H and O–H groups in total. The van der Waals surface area contributed by atoms with E-state index in [2.05, 4.69) is 104 Å². The summed E-state index contributed by atoms with van der Waals surface area (Å²) >= 11 is 0. The lowest BCUT2D eigenvalue weighted by molar-refractivity contribution is -0.288. The Bertz CT molecular complexity index is 2100. The summed E-state index contributed by atoms with van der Waals surface area (Å²) < 4.78 is 455. The molecule has 0 aliphatic heterocycles. The number of unbranched alkanes of at least 4 members (excludes halogenated alkanes) is 7. The minimum Gasteiger partial charge on any atom is -0.171 e. The van der Waals surface area contributed by atoms with E-state index in [1.54, 1.807) is 20.8 Å². The Hall–Kier alpha value is -2.73. The van der Waals surface area contributed by atoms with E-state index in [4.69, 9.17) is 0 Å². The topological polar surface area (TPSA) is 0 Å². The summed E-state index contributed by atoms with van der Waals surface area (Å²) in [5.74, 6) is -11.9. The summed E-state index contributed by atoms with van der Waals surface area (Å²) in [5.41, 5.74) is 1.08. The second kappa shape index (κ2) is 73.0. The molecule has 0 radical (unpaired) electrons. The molecular formula is C83H153F39. The van der Waals surface area contributed by atoms with Gasteiger partial charge in [0, 0.05) is 25.7 Å². The van der Waals surface area contributed by atoms with Crippen molar-refractivity contribution in [2.24, 2.45) is 75.9 Å². The van der Waals surface area contributed by atoms with Gasteiger partial charge in [-0.1, -0.05) is 303 Å². The number of rotatable bonds is 27. The van der Waals surface area contributed by atoms with Crippen molar-refractivity contribution in [3.05, 3.63) is 0 Å². The van der Waals surface area contributed by atoms with E-state index in [0.717, 1.165) is 56.8 Å². The van der Waals surface area contributed by atoms with Crippen LogP contribution in [0.4, 0.5) is 171 Å². The smallest absolute Gasteiger partial charge is 0.171 e. The predicted octanol–water partition coefficient (Wildman–Crippen LogP) is 40.8. The summed E-state index contributed by atoms with van der Waals surface area (Å²) in [6, 6.07) is 0. The molecule has 0 spiro atoms. The van der Waals surface area contributed by atoms with E-state index in [9.17, 15) is 171 Å². The molecule has 0 aliphatic rings. The minimum atomic E-state index is -5.19. The largest absolute Gasteiger partial charge is 0.400 e. The van der Waals surface area contributed by atoms with Crippen LogP contribution in [0.15, 0.2) is 0 Å². The van der Waals surface area contributed by atoms with Crippen LogP contribution in [0.1, 0.15) is 380 Å². The average molecular weight is 1890 g/mol. The lowest BCUT2D eigenvalue weighted by Crippen LogP contribution is -2.37. The SMILES string of the molecule is CC(C)C(C)C.CC(C)CC(C(F)(F)F)C(F)(F)F.CCC(C)(C)C.CCC(C)(C)C.CCC(C)CC.CCCC(C(F)(F)F)C(F)(F)F.CCCCC(C(F)(F)F)C(F)(F)F.CCCCCC(F)(F)F.CCCCCCC(F)(F)F.CCCC[C@H](C)C(F)(F)F.CCC[C@H](C)C(F)(F)F.CCC[C@H](C)CC(F)(F)F.C[C@@H](CCC(F)(F)F)C(F)(F)F. The standard InChI is InChI=1S/2C7H10F6.3C7H13F3.2C6H8F6.2C6H11F3.4C6H14/c1-4(2)3-5(6(8,9)10)7(11,12)13;1-2-3-4-5(6(8,9)10)7(11,12)13;1-3-4-6(2)5-7(8,9)10;1-3-4-5-6(2)7(8,9)10;1-2-3-4-5-6-7(8,9)10;1-4(6(10,11)12)2-3-5(7,8)9;1-2-3-4(5(7,8)9)6(10,11)12;1-3-4-5(2)6(7,8)9;1-2-3-4-5-6(7,8)9;2*1-5-6(2,3)4;1-5(2)6(3)4;1-4-6(3)5-2/h4-5H,3H2,1-2H3;5H,2-4H2,1H3;2*6H,3-5H2,1-2H3;2-6H2,1H3;2*4H,2-3H2,1H3;5H,3-4H2,1-2H3;2-5H2,1H3;2*5H2,1-4H3;5-6H,1-4H3;6H,4-5H2,1-3H3/t;;2*6-;;4-;;5-;;;;;/m..00.0.0...../s1. The second-order valence-electron chi connectivity index (χ2n) is 33.3. The maximum absolute atomic E-state index is 11.9. The normalized spacial score (nSPS) is 13.7. The lowest BCUT2D eigenvalue weighted by Gasteiger charge is -2.24. The van der Waals surface area contributed by atoms with E-state index in [-0.39, 0.29) is 44.4 Å². The number of halogens is 39. The highest BCUT2D eigenvalue weighted by atomic mass is 19.5. The molecule has 0 heterocycles. The van der Waals surface area contributed by atoms with E-state index >= 15 is 0 Å². The molecule has 0 unspecified atom stereocenters. The number of hydrogen-bond acceptors (Lipinski definition) is 0. The van der Waals surface area contributed by atoms with Crippen LogP contribution in [-0.2, 0) is 0 Å². The van der Waals surface area contributed by atoms with Crippen molar-refractivity contribution in [2.75, 3.05) is 0 Å². The molecule has 0 aromatic heterocycles. The third-order valence-electron chi connectivity index (χ3n) is 17.3. The average Bonchev–Trinajstić information content (AvgIpc) is 0.860. The van der Waals surface area contributed by atoms with Crippen LogP contribution in [0.2, 0.25) is 0 Å². The summed E-state index contributed by atoms with van der Waals surface area (Å²) in [6.45, 7) is 53.3. The van der Waals surface area contributed by atoms with Gasteiger partial charge in [-0.3, -0.25) is 0 Å². The van der Waals surface area contributed by atoms with Gasteiger partial charge in [0.1, 0.15) is 0 Å². The Kier molecular flexibility index (Phi) is 88.4. The summed E-state index contributed by atoms with van der Waals surface area (Å²) in [6.07, 6.45) is -52.7. The van der Waals surface area contributed by atoms with Gasteiger partial charge in [0.05, 0.1) is 17.8 Å². The van der Waals surface area contributed by atoms with Gasteiger partial charge < -0.3 is 0 Å². The van der Waals surface area contributed by atoms with Gasteiger partial charge in [-0.25, -0.2) is 0 Å². The van der Waals surface area contributed by atoms with Crippen molar-refractivity contribution in [3.8, 4) is 0 Å². The highest BCUT2D eigenvalue weighted by molar-refractivity contribution is 4.78. The van der Waals surface area contributed by atoms with E-state index in [1.165, 1.54) is 60.3 Å². The zero-order chi connectivity index (χ0) is 101. The van der Waals surface area contributed by atoms with Crippen LogP contribution >= 0.6 is 0 Å². The third kappa shape index (κ3) is 130. The first-order valence-electron chi connectivity index (χ1n) is 41.5. The highest BCUT2D eigenvalue weighted by Gasteiger charge is 2.58. The lowest BCUT2D eigenvalue weighted by atomic mass is 9.94. The molecule has 0 saturated carbocycles.